The summed E-state index contributed by atoms with van der Waals surface area (Å²) in [4.78, 5) is 0. The molecule has 0 bridgehead atoms. The normalized spacial score (nSPS) is 16.9. The van der Waals surface area contributed by atoms with E-state index < -0.39 is 0 Å². The molecule has 1 aliphatic heterocycles. The highest BCUT2D eigenvalue weighted by Gasteiger charge is 2.36. The minimum atomic E-state index is 0.126. The first-order valence-electron chi connectivity index (χ1n) is 13.2. The maximum absolute atomic E-state index is 6.70. The van der Waals surface area contributed by atoms with Crippen molar-refractivity contribution in [3.05, 3.63) is 101 Å². The zero-order valence-corrected chi connectivity index (χ0v) is 21.9. The number of fused-ring (bicyclic) bond motifs is 3. The molecule has 2 aliphatic rings. The lowest BCUT2D eigenvalue weighted by atomic mass is 9.70. The third kappa shape index (κ3) is 3.63. The summed E-state index contributed by atoms with van der Waals surface area (Å²) in [6, 6.07) is 20.6. The van der Waals surface area contributed by atoms with Crippen molar-refractivity contribution in [3.63, 3.8) is 0 Å². The van der Waals surface area contributed by atoms with E-state index in [0.29, 0.717) is 0 Å². The molecule has 0 unspecified atom stereocenters. The summed E-state index contributed by atoms with van der Waals surface area (Å²) in [5, 5.41) is 2.34. The molecule has 2 nitrogen and oxygen atoms in total. The molecular weight excluding hydrogens is 438 g/mol. The second-order valence-electron chi connectivity index (χ2n) is 11.3. The third-order valence-electron chi connectivity index (χ3n) is 8.59. The molecule has 0 radical (unpaired) electrons. The molecule has 4 aromatic rings. The Morgan fingerprint density at radius 1 is 1.03 bits per heavy atom. The summed E-state index contributed by atoms with van der Waals surface area (Å²) >= 11 is 0. The molecule has 1 saturated carbocycles. The van der Waals surface area contributed by atoms with Gasteiger partial charge in [0.1, 0.15) is 6.20 Å². The van der Waals surface area contributed by atoms with Crippen LogP contribution in [-0.2, 0) is 0 Å². The van der Waals surface area contributed by atoms with Crippen LogP contribution in [0, 0.1) is 31.2 Å². The van der Waals surface area contributed by atoms with E-state index in [1.54, 1.807) is 0 Å². The van der Waals surface area contributed by atoms with E-state index in [1.165, 1.54) is 58.9 Å². The summed E-state index contributed by atoms with van der Waals surface area (Å²) in [7, 11) is 0. The fraction of sp³-hybridized carbons (Fsp3) is 0.294. The molecule has 0 spiro atoms. The van der Waals surface area contributed by atoms with Crippen LogP contribution in [0.2, 0.25) is 0 Å². The predicted molar refractivity (Wildman–Crippen MR) is 151 cm³/mol. The molecular formula is C34H35NO. The fourth-order valence-electron chi connectivity index (χ4n) is 6.38. The van der Waals surface area contributed by atoms with Crippen LogP contribution in [-0.4, -0.2) is 11.3 Å². The van der Waals surface area contributed by atoms with E-state index in [0.717, 1.165) is 34.1 Å². The summed E-state index contributed by atoms with van der Waals surface area (Å²) < 4.78 is 8.71. The standard InChI is InChI=1S/C34H35NO/c1-22-15-16-27-30(19-22)36-33-31(23(2)20-28(32(27)33)24-11-7-6-8-12-24)29-21-26(17-18-35(29)5)34(3,4)25-13-9-10-14-25/h6-8,11-12,15-21,25H,5,9-10,13-14H2,1-4H3. The van der Waals surface area contributed by atoms with Crippen molar-refractivity contribution in [2.45, 2.75) is 53.4 Å². The lowest BCUT2D eigenvalue weighted by Crippen LogP contribution is -2.27. The molecule has 1 aromatic heterocycles. The first kappa shape index (κ1) is 22.9. The molecule has 0 atom stereocenters. The zero-order chi connectivity index (χ0) is 25.0. The van der Waals surface area contributed by atoms with Crippen molar-refractivity contribution in [1.29, 1.82) is 0 Å². The Morgan fingerprint density at radius 2 is 1.78 bits per heavy atom. The number of hydrogen-bond acceptors (Lipinski definition) is 0. The lowest BCUT2D eigenvalue weighted by molar-refractivity contribution is -0.418. The largest absolute Gasteiger partial charge is 0.286 e. The molecule has 2 heterocycles. The molecule has 0 amide bonds. The van der Waals surface area contributed by atoms with Crippen LogP contribution >= 0.6 is 0 Å². The van der Waals surface area contributed by atoms with Crippen LogP contribution in [0.4, 0.5) is 0 Å². The number of furan rings is 1. The molecule has 1 fully saturated rings. The first-order chi connectivity index (χ1) is 17.3. The van der Waals surface area contributed by atoms with Gasteiger partial charge in [0.15, 0.2) is 6.04 Å². The number of aryl methyl sites for hydroxylation is 2. The third-order valence-corrected chi connectivity index (χ3v) is 8.59. The van der Waals surface area contributed by atoms with Gasteiger partial charge in [-0.25, -0.2) is 0 Å². The van der Waals surface area contributed by atoms with Gasteiger partial charge in [0.2, 0.25) is 0 Å². The SMILES string of the molecule is C=[N+]1C=CC(C(C)(C)C2CCCC2)=C[C-]1c1c(C)cc(-c2ccccc2)c2c1[o+][c-]1cc(C)ccc21. The minimum Gasteiger partial charge on any atom is -0.286 e. The average Bonchev–Trinajstić information content (AvgIpc) is 3.53. The quantitative estimate of drug-likeness (QED) is 0.164. The van der Waals surface area contributed by atoms with E-state index in [1.807, 2.05) is 4.58 Å². The first-order valence-corrected chi connectivity index (χ1v) is 13.2. The molecule has 0 N–H and O–H groups in total. The van der Waals surface area contributed by atoms with E-state index in [-0.39, 0.29) is 5.41 Å². The molecule has 2 heteroatoms. The second-order valence-corrected chi connectivity index (χ2v) is 11.3. The number of allylic oxidation sites excluding steroid dienone is 2. The molecule has 3 aromatic carbocycles. The van der Waals surface area contributed by atoms with E-state index in [2.05, 4.69) is 107 Å². The van der Waals surface area contributed by atoms with Crippen LogP contribution in [0.25, 0.3) is 33.1 Å². The summed E-state index contributed by atoms with van der Waals surface area (Å²) in [5.74, 6) is 0.724. The number of rotatable bonds is 4. The van der Waals surface area contributed by atoms with E-state index in [4.69, 9.17) is 4.42 Å². The Labute approximate surface area is 214 Å². The number of benzene rings is 3. The highest BCUT2D eigenvalue weighted by molar-refractivity contribution is 6.14. The van der Waals surface area contributed by atoms with Gasteiger partial charge < -0.3 is 0 Å². The van der Waals surface area contributed by atoms with Gasteiger partial charge in [-0.1, -0.05) is 107 Å². The van der Waals surface area contributed by atoms with Gasteiger partial charge in [-0.05, 0) is 40.0 Å². The topological polar surface area (TPSA) is 14.3 Å². The zero-order valence-electron chi connectivity index (χ0n) is 21.9. The van der Waals surface area contributed by atoms with Crippen molar-refractivity contribution in [3.8, 4) is 11.1 Å². The Bertz CT molecular complexity index is 1540. The van der Waals surface area contributed by atoms with Crippen molar-refractivity contribution in [1.82, 2.24) is 0 Å². The van der Waals surface area contributed by atoms with Crippen molar-refractivity contribution in [2.75, 3.05) is 0 Å². The molecule has 0 saturated heterocycles. The second kappa shape index (κ2) is 8.55. The summed E-state index contributed by atoms with van der Waals surface area (Å²) in [5.41, 5.74) is 9.36. The maximum atomic E-state index is 6.70. The van der Waals surface area contributed by atoms with Gasteiger partial charge in [-0.2, -0.15) is 0 Å². The van der Waals surface area contributed by atoms with E-state index >= 15 is 0 Å². The average molecular weight is 474 g/mol. The van der Waals surface area contributed by atoms with Gasteiger partial charge >= 0.3 is 0 Å². The van der Waals surface area contributed by atoms with Gasteiger partial charge in [0, 0.05) is 5.39 Å². The highest BCUT2D eigenvalue weighted by atomic mass is 16.3. The van der Waals surface area contributed by atoms with Gasteiger partial charge in [-0.3, -0.25) is 8.99 Å². The fourth-order valence-corrected chi connectivity index (χ4v) is 6.38. The molecule has 6 rings (SSSR count). The summed E-state index contributed by atoms with van der Waals surface area (Å²) in [6.07, 6.45) is 12.1. The minimum absolute atomic E-state index is 0.126. The van der Waals surface area contributed by atoms with Gasteiger partial charge in [0.25, 0.3) is 11.2 Å². The van der Waals surface area contributed by atoms with Crippen LogP contribution in [0.1, 0.15) is 56.2 Å². The Morgan fingerprint density at radius 3 is 2.53 bits per heavy atom. The van der Waals surface area contributed by atoms with E-state index in [9.17, 15) is 0 Å². The smallest absolute Gasteiger partial charge is 0.279 e. The van der Waals surface area contributed by atoms with Crippen LogP contribution in [0.15, 0.2) is 82.9 Å². The van der Waals surface area contributed by atoms with Crippen LogP contribution < -0.4 is 0 Å². The molecule has 1 aliphatic carbocycles. The molecule has 36 heavy (non-hydrogen) atoms. The van der Waals surface area contributed by atoms with Crippen molar-refractivity contribution < 1.29 is 8.99 Å². The Kier molecular flexibility index (Phi) is 5.44. The van der Waals surface area contributed by atoms with Crippen LogP contribution in [0.5, 0.6) is 0 Å². The van der Waals surface area contributed by atoms with Crippen LogP contribution in [0.3, 0.4) is 0 Å². The molecule has 182 valence electrons. The Balaban J connectivity index is 1.60. The van der Waals surface area contributed by atoms with Gasteiger partial charge in [0.05, 0.1) is 12.3 Å². The Hall–Kier alpha value is -3.52. The maximum Gasteiger partial charge on any atom is 0.279 e. The summed E-state index contributed by atoms with van der Waals surface area (Å²) in [6.45, 7) is 13.5. The van der Waals surface area contributed by atoms with Crippen molar-refractivity contribution in [2.24, 2.45) is 11.3 Å². The van der Waals surface area contributed by atoms with Gasteiger partial charge in [-0.15, -0.1) is 17.7 Å². The monoisotopic (exact) mass is 473 g/mol. The lowest BCUT2D eigenvalue weighted by Gasteiger charge is -2.37. The number of hydrogen-bond donors (Lipinski definition) is 0. The van der Waals surface area contributed by atoms with Crippen molar-refractivity contribution >= 4 is 28.7 Å². The predicted octanol–water partition coefficient (Wildman–Crippen LogP) is 9.13. The number of nitrogens with zero attached hydrogens (tertiary/aromatic N) is 1. The highest BCUT2D eigenvalue weighted by Crippen LogP contribution is 2.48.